The van der Waals surface area contributed by atoms with E-state index in [1.807, 2.05) is 0 Å². The van der Waals surface area contributed by atoms with E-state index in [4.69, 9.17) is 18.9 Å². The molecule has 0 aromatic carbocycles. The van der Waals surface area contributed by atoms with Crippen molar-refractivity contribution in [3.8, 4) is 0 Å². The lowest BCUT2D eigenvalue weighted by Gasteiger charge is -2.40. The maximum atomic E-state index is 12.6. The molecule has 0 fully saturated rings. The summed E-state index contributed by atoms with van der Waals surface area (Å²) in [4.78, 5) is 12.6. The van der Waals surface area contributed by atoms with E-state index in [9.17, 15) is 4.79 Å². The van der Waals surface area contributed by atoms with Crippen molar-refractivity contribution in [2.45, 2.75) is 145 Å². The van der Waals surface area contributed by atoms with Crippen molar-refractivity contribution in [3.05, 3.63) is 0 Å². The predicted octanol–water partition coefficient (Wildman–Crippen LogP) is 7.85. The van der Waals surface area contributed by atoms with Crippen LogP contribution < -0.4 is 0 Å². The third-order valence-corrected chi connectivity index (χ3v) is 5.78. The van der Waals surface area contributed by atoms with Crippen molar-refractivity contribution in [1.82, 2.24) is 0 Å². The lowest BCUT2D eigenvalue weighted by atomic mass is 9.81. The topological polar surface area (TPSA) is 54.0 Å². The van der Waals surface area contributed by atoms with Crippen molar-refractivity contribution < 1.29 is 23.7 Å². The molecule has 0 saturated heterocycles. The SMILES string of the molecule is CCCC(C)(C)C(CC)OC(C)(C)OC(=O)OC(C)(C)OC(CC)C(C)(C)CCC. The Hall–Kier alpha value is -0.810. The van der Waals surface area contributed by atoms with Crippen LogP contribution in [-0.4, -0.2) is 29.9 Å². The van der Waals surface area contributed by atoms with Crippen molar-refractivity contribution in [2.24, 2.45) is 10.8 Å². The Morgan fingerprint density at radius 2 is 0.933 bits per heavy atom. The number of carbonyl (C=O) groups excluding carboxylic acids is 1. The molecule has 30 heavy (non-hydrogen) atoms. The molecule has 0 aliphatic carbocycles. The molecule has 180 valence electrons. The molecule has 0 spiro atoms. The van der Waals surface area contributed by atoms with E-state index in [1.54, 1.807) is 27.7 Å². The van der Waals surface area contributed by atoms with Crippen molar-refractivity contribution in [3.63, 3.8) is 0 Å². The molecule has 0 amide bonds. The summed E-state index contributed by atoms with van der Waals surface area (Å²) in [5.74, 6) is -2.19. The van der Waals surface area contributed by atoms with Gasteiger partial charge in [0.1, 0.15) is 0 Å². The van der Waals surface area contributed by atoms with Gasteiger partial charge in [0.15, 0.2) is 0 Å². The molecule has 0 heterocycles. The summed E-state index contributed by atoms with van der Waals surface area (Å²) < 4.78 is 23.6. The van der Waals surface area contributed by atoms with E-state index in [0.717, 1.165) is 38.5 Å². The molecule has 0 rings (SSSR count). The van der Waals surface area contributed by atoms with Crippen LogP contribution >= 0.6 is 0 Å². The van der Waals surface area contributed by atoms with E-state index < -0.39 is 17.7 Å². The lowest BCUT2D eigenvalue weighted by molar-refractivity contribution is -0.269. The molecular weight excluding hydrogens is 380 g/mol. The van der Waals surface area contributed by atoms with Crippen LogP contribution in [0.3, 0.4) is 0 Å². The number of rotatable bonds is 14. The molecule has 5 nitrogen and oxygen atoms in total. The maximum absolute atomic E-state index is 12.6. The Balaban J connectivity index is 5.06. The first kappa shape index (κ1) is 29.2. The first-order chi connectivity index (χ1) is 13.6. The fraction of sp³-hybridized carbons (Fsp3) is 0.960. The smallest absolute Gasteiger partial charge is 0.402 e. The molecule has 0 aromatic heterocycles. The molecule has 0 saturated carbocycles. The number of ether oxygens (including phenoxy) is 4. The maximum Gasteiger partial charge on any atom is 0.513 e. The summed E-state index contributed by atoms with van der Waals surface area (Å²) in [6, 6.07) is 0. The second-order valence-electron chi connectivity index (χ2n) is 10.8. The van der Waals surface area contributed by atoms with Gasteiger partial charge in [-0.1, -0.05) is 68.2 Å². The largest absolute Gasteiger partial charge is 0.513 e. The highest BCUT2D eigenvalue weighted by atomic mass is 16.8. The molecule has 0 aliphatic heterocycles. The quantitative estimate of drug-likeness (QED) is 0.207. The summed E-state index contributed by atoms with van der Waals surface area (Å²) in [5.41, 5.74) is -0.00868. The minimum atomic E-state index is -1.09. The number of hydrogen-bond acceptors (Lipinski definition) is 5. The van der Waals surface area contributed by atoms with Crippen LogP contribution in [0.5, 0.6) is 0 Å². The van der Waals surface area contributed by atoms with Gasteiger partial charge in [-0.15, -0.1) is 0 Å². The van der Waals surface area contributed by atoms with Crippen LogP contribution in [0.4, 0.5) is 4.79 Å². The Morgan fingerprint density at radius 3 is 1.17 bits per heavy atom. The first-order valence-electron chi connectivity index (χ1n) is 11.8. The van der Waals surface area contributed by atoms with E-state index in [2.05, 4.69) is 55.4 Å². The van der Waals surface area contributed by atoms with Gasteiger partial charge in [0.2, 0.25) is 11.6 Å². The average molecular weight is 431 g/mol. The van der Waals surface area contributed by atoms with Gasteiger partial charge in [-0.05, 0) is 36.5 Å². The zero-order valence-corrected chi connectivity index (χ0v) is 21.9. The molecule has 0 N–H and O–H groups in total. The third kappa shape index (κ3) is 10.00. The van der Waals surface area contributed by atoms with Gasteiger partial charge in [-0.25, -0.2) is 4.79 Å². The van der Waals surface area contributed by atoms with Crippen LogP contribution in [0.25, 0.3) is 0 Å². The van der Waals surface area contributed by atoms with Crippen LogP contribution in [0.15, 0.2) is 0 Å². The molecule has 0 aliphatic rings. The van der Waals surface area contributed by atoms with E-state index in [-0.39, 0.29) is 23.0 Å². The molecule has 5 heteroatoms. The molecule has 0 aromatic rings. The van der Waals surface area contributed by atoms with Gasteiger partial charge < -0.3 is 18.9 Å². The van der Waals surface area contributed by atoms with Gasteiger partial charge in [0.25, 0.3) is 0 Å². The highest BCUT2D eigenvalue weighted by Gasteiger charge is 2.39. The molecule has 2 atom stereocenters. The molecule has 0 radical (unpaired) electrons. The van der Waals surface area contributed by atoms with Gasteiger partial charge in [-0.3, -0.25) is 0 Å². The van der Waals surface area contributed by atoms with Crippen LogP contribution in [0, 0.1) is 10.8 Å². The summed E-state index contributed by atoms with van der Waals surface area (Å²) in [7, 11) is 0. The Kier molecular flexibility index (Phi) is 11.4. The van der Waals surface area contributed by atoms with Crippen molar-refractivity contribution in [1.29, 1.82) is 0 Å². The van der Waals surface area contributed by atoms with Crippen molar-refractivity contribution >= 4 is 6.16 Å². The molecular formula is C25H50O5. The van der Waals surface area contributed by atoms with Crippen molar-refractivity contribution in [2.75, 3.05) is 0 Å². The summed E-state index contributed by atoms with van der Waals surface area (Å²) >= 11 is 0. The van der Waals surface area contributed by atoms with E-state index >= 15 is 0 Å². The highest BCUT2D eigenvalue weighted by Crippen LogP contribution is 2.36. The monoisotopic (exact) mass is 430 g/mol. The fourth-order valence-corrected chi connectivity index (χ4v) is 4.36. The lowest BCUT2D eigenvalue weighted by Crippen LogP contribution is -2.45. The van der Waals surface area contributed by atoms with Gasteiger partial charge in [0, 0.05) is 27.7 Å². The minimum Gasteiger partial charge on any atom is -0.402 e. The standard InChI is InChI=1S/C25H50O5/c1-13-17-22(5,6)19(15-3)27-24(9,10)29-21(26)30-25(11,12)28-20(16-4)23(7,8)18-14-2/h19-20H,13-18H2,1-12H3. The fourth-order valence-electron chi connectivity index (χ4n) is 4.36. The zero-order chi connectivity index (χ0) is 23.8. The zero-order valence-electron chi connectivity index (χ0n) is 21.9. The Morgan fingerprint density at radius 1 is 0.633 bits per heavy atom. The Labute approximate surface area is 186 Å². The second-order valence-corrected chi connectivity index (χ2v) is 10.8. The molecule has 0 bridgehead atoms. The minimum absolute atomic E-state index is 0.00434. The second kappa shape index (κ2) is 11.7. The number of hydrogen-bond donors (Lipinski definition) is 0. The first-order valence-corrected chi connectivity index (χ1v) is 11.8. The van der Waals surface area contributed by atoms with E-state index in [0.29, 0.717) is 0 Å². The normalized spacial score (nSPS) is 15.6. The highest BCUT2D eigenvalue weighted by molar-refractivity contribution is 5.60. The van der Waals surface area contributed by atoms with Crippen LogP contribution in [-0.2, 0) is 18.9 Å². The molecule has 2 unspecified atom stereocenters. The van der Waals surface area contributed by atoms with Gasteiger partial charge >= 0.3 is 6.16 Å². The van der Waals surface area contributed by atoms with Gasteiger partial charge in [0.05, 0.1) is 12.2 Å². The van der Waals surface area contributed by atoms with Crippen LogP contribution in [0.2, 0.25) is 0 Å². The average Bonchev–Trinajstić information content (AvgIpc) is 2.56. The number of carbonyl (C=O) groups is 1. The predicted molar refractivity (Wildman–Crippen MR) is 123 cm³/mol. The van der Waals surface area contributed by atoms with Gasteiger partial charge in [-0.2, -0.15) is 0 Å². The summed E-state index contributed by atoms with van der Waals surface area (Å²) in [6.45, 7) is 24.3. The Bertz CT molecular complexity index is 464. The van der Waals surface area contributed by atoms with E-state index in [1.165, 1.54) is 0 Å². The summed E-state index contributed by atoms with van der Waals surface area (Å²) in [6.07, 6.45) is 5.09. The summed E-state index contributed by atoms with van der Waals surface area (Å²) in [5, 5.41) is 0. The van der Waals surface area contributed by atoms with Crippen LogP contribution in [0.1, 0.15) is 122 Å². The third-order valence-electron chi connectivity index (χ3n) is 5.78.